The highest BCUT2D eigenvalue weighted by Crippen LogP contribution is 2.35. The SMILES string of the molecule is O=C(NCc1nnc2n1CCC2)NC[C@@H]1SCCc2ccccc21. The van der Waals surface area contributed by atoms with Crippen molar-refractivity contribution in [3.8, 4) is 0 Å². The Balaban J connectivity index is 1.30. The lowest BCUT2D eigenvalue weighted by molar-refractivity contribution is 0.240. The van der Waals surface area contributed by atoms with E-state index in [4.69, 9.17) is 0 Å². The van der Waals surface area contributed by atoms with Gasteiger partial charge in [0.1, 0.15) is 5.82 Å². The quantitative estimate of drug-likeness (QED) is 0.891. The Labute approximate surface area is 145 Å². The van der Waals surface area contributed by atoms with Gasteiger partial charge in [0.05, 0.1) is 6.54 Å². The first-order chi connectivity index (χ1) is 11.8. The van der Waals surface area contributed by atoms with Crippen LogP contribution < -0.4 is 10.6 Å². The Bertz CT molecular complexity index is 744. The molecule has 0 spiro atoms. The number of hydrogen-bond acceptors (Lipinski definition) is 4. The lowest BCUT2D eigenvalue weighted by Crippen LogP contribution is -2.38. The third kappa shape index (κ3) is 3.13. The van der Waals surface area contributed by atoms with Gasteiger partial charge in [0.15, 0.2) is 5.82 Å². The molecule has 1 aromatic heterocycles. The maximum Gasteiger partial charge on any atom is 0.315 e. The molecule has 0 saturated heterocycles. The fraction of sp³-hybridized carbons (Fsp3) is 0.471. The normalized spacial score (nSPS) is 18.8. The van der Waals surface area contributed by atoms with Gasteiger partial charge >= 0.3 is 6.03 Å². The number of nitrogens with zero attached hydrogens (tertiary/aromatic N) is 3. The summed E-state index contributed by atoms with van der Waals surface area (Å²) in [6.45, 7) is 2.02. The molecule has 0 saturated carbocycles. The molecule has 0 aliphatic carbocycles. The van der Waals surface area contributed by atoms with Crippen molar-refractivity contribution < 1.29 is 4.79 Å². The zero-order valence-corrected chi connectivity index (χ0v) is 14.3. The Morgan fingerprint density at radius 1 is 1.25 bits per heavy atom. The van der Waals surface area contributed by atoms with E-state index in [9.17, 15) is 4.79 Å². The number of urea groups is 1. The van der Waals surface area contributed by atoms with E-state index in [-0.39, 0.29) is 6.03 Å². The fourth-order valence-electron chi connectivity index (χ4n) is 3.39. The minimum Gasteiger partial charge on any atom is -0.337 e. The third-order valence-electron chi connectivity index (χ3n) is 4.63. The predicted octanol–water partition coefficient (Wildman–Crippen LogP) is 2.05. The van der Waals surface area contributed by atoms with Gasteiger partial charge in [-0.25, -0.2) is 4.79 Å². The lowest BCUT2D eigenvalue weighted by atomic mass is 10.0. The van der Waals surface area contributed by atoms with Gasteiger partial charge in [-0.05, 0) is 29.7 Å². The Kier molecular flexibility index (Phi) is 4.42. The molecular formula is C17H21N5OS. The summed E-state index contributed by atoms with van der Waals surface area (Å²) in [6, 6.07) is 8.38. The van der Waals surface area contributed by atoms with E-state index >= 15 is 0 Å². The highest BCUT2D eigenvalue weighted by atomic mass is 32.2. The summed E-state index contributed by atoms with van der Waals surface area (Å²) in [5.74, 6) is 2.98. The molecule has 2 aromatic rings. The summed E-state index contributed by atoms with van der Waals surface area (Å²) < 4.78 is 2.10. The summed E-state index contributed by atoms with van der Waals surface area (Å²) in [6.07, 6.45) is 3.21. The molecule has 2 aliphatic rings. The highest BCUT2D eigenvalue weighted by Gasteiger charge is 2.21. The van der Waals surface area contributed by atoms with Crippen LogP contribution in [0.3, 0.4) is 0 Å². The Morgan fingerprint density at radius 2 is 2.17 bits per heavy atom. The average molecular weight is 343 g/mol. The number of hydrogen-bond donors (Lipinski definition) is 2. The number of carbonyl (C=O) groups is 1. The second-order valence-corrected chi connectivity index (χ2v) is 7.47. The van der Waals surface area contributed by atoms with Crippen LogP contribution in [0.25, 0.3) is 0 Å². The predicted molar refractivity (Wildman–Crippen MR) is 93.9 cm³/mol. The summed E-state index contributed by atoms with van der Waals surface area (Å²) in [5, 5.41) is 14.5. The summed E-state index contributed by atoms with van der Waals surface area (Å²) >= 11 is 1.91. The van der Waals surface area contributed by atoms with E-state index in [0.717, 1.165) is 43.2 Å². The van der Waals surface area contributed by atoms with Crippen LogP contribution in [0.1, 0.15) is 34.4 Å². The van der Waals surface area contributed by atoms with Crippen LogP contribution in [0.2, 0.25) is 0 Å². The molecular weight excluding hydrogens is 322 g/mol. The van der Waals surface area contributed by atoms with Crippen molar-refractivity contribution in [3.05, 3.63) is 47.0 Å². The molecule has 126 valence electrons. The van der Waals surface area contributed by atoms with Crippen LogP contribution in [0.4, 0.5) is 4.79 Å². The van der Waals surface area contributed by atoms with Gasteiger partial charge in [-0.2, -0.15) is 11.8 Å². The van der Waals surface area contributed by atoms with Crippen LogP contribution in [0, 0.1) is 0 Å². The number of aromatic nitrogens is 3. The molecule has 6 nitrogen and oxygen atoms in total. The van der Waals surface area contributed by atoms with E-state index in [0.29, 0.717) is 18.3 Å². The zero-order valence-electron chi connectivity index (χ0n) is 13.5. The van der Waals surface area contributed by atoms with Crippen molar-refractivity contribution in [1.82, 2.24) is 25.4 Å². The van der Waals surface area contributed by atoms with Gasteiger partial charge in [0, 0.05) is 24.8 Å². The molecule has 7 heteroatoms. The number of aryl methyl sites for hydroxylation is 2. The Morgan fingerprint density at radius 3 is 3.12 bits per heavy atom. The van der Waals surface area contributed by atoms with E-state index < -0.39 is 0 Å². The number of thioether (sulfide) groups is 1. The molecule has 0 fully saturated rings. The summed E-state index contributed by atoms with van der Waals surface area (Å²) in [4.78, 5) is 12.1. The average Bonchev–Trinajstić information content (AvgIpc) is 3.22. The minimum absolute atomic E-state index is 0.144. The van der Waals surface area contributed by atoms with Crippen LogP contribution in [0.5, 0.6) is 0 Å². The second kappa shape index (κ2) is 6.84. The molecule has 0 unspecified atom stereocenters. The van der Waals surface area contributed by atoms with Gasteiger partial charge < -0.3 is 15.2 Å². The van der Waals surface area contributed by atoms with Crippen LogP contribution in [-0.4, -0.2) is 33.1 Å². The molecule has 2 amide bonds. The van der Waals surface area contributed by atoms with Crippen LogP contribution >= 0.6 is 11.8 Å². The number of nitrogens with one attached hydrogen (secondary N) is 2. The summed E-state index contributed by atoms with van der Waals surface area (Å²) in [7, 11) is 0. The van der Waals surface area contributed by atoms with Crippen molar-refractivity contribution in [1.29, 1.82) is 0 Å². The maximum absolute atomic E-state index is 12.1. The second-order valence-electron chi connectivity index (χ2n) is 6.16. The molecule has 2 aliphatic heterocycles. The van der Waals surface area contributed by atoms with Gasteiger partial charge in [-0.1, -0.05) is 24.3 Å². The van der Waals surface area contributed by atoms with E-state index in [2.05, 4.69) is 49.7 Å². The number of rotatable bonds is 4. The first kappa shape index (κ1) is 15.5. The van der Waals surface area contributed by atoms with Gasteiger partial charge in [-0.3, -0.25) is 0 Å². The number of carbonyl (C=O) groups excluding carboxylic acids is 1. The summed E-state index contributed by atoms with van der Waals surface area (Å²) in [5.41, 5.74) is 2.76. The van der Waals surface area contributed by atoms with Crippen molar-refractivity contribution in [2.75, 3.05) is 12.3 Å². The molecule has 0 radical (unpaired) electrons. The van der Waals surface area contributed by atoms with Crippen molar-refractivity contribution in [3.63, 3.8) is 0 Å². The van der Waals surface area contributed by atoms with Crippen molar-refractivity contribution in [2.24, 2.45) is 0 Å². The third-order valence-corrected chi connectivity index (χ3v) is 5.90. The standard InChI is InChI=1S/C17H21N5OS/c23-17(19-11-16-21-20-15-6-3-8-22(15)16)18-10-14-13-5-2-1-4-12(13)7-9-24-14/h1-2,4-5,14H,3,6-11H2,(H2,18,19,23)/t14-/m0/s1. The first-order valence-electron chi connectivity index (χ1n) is 8.43. The smallest absolute Gasteiger partial charge is 0.315 e. The lowest BCUT2D eigenvalue weighted by Gasteiger charge is -2.25. The topological polar surface area (TPSA) is 71.8 Å². The molecule has 4 rings (SSSR count). The largest absolute Gasteiger partial charge is 0.337 e. The molecule has 2 N–H and O–H groups in total. The Hall–Kier alpha value is -2.02. The zero-order chi connectivity index (χ0) is 16.4. The number of benzene rings is 1. The van der Waals surface area contributed by atoms with Crippen LogP contribution in [0.15, 0.2) is 24.3 Å². The van der Waals surface area contributed by atoms with E-state index in [1.165, 1.54) is 11.1 Å². The van der Waals surface area contributed by atoms with Gasteiger partial charge in [0.2, 0.25) is 0 Å². The highest BCUT2D eigenvalue weighted by molar-refractivity contribution is 7.99. The molecule has 0 bridgehead atoms. The minimum atomic E-state index is -0.144. The maximum atomic E-state index is 12.1. The molecule has 1 aromatic carbocycles. The van der Waals surface area contributed by atoms with Crippen LogP contribution in [-0.2, 0) is 25.9 Å². The molecule has 24 heavy (non-hydrogen) atoms. The number of fused-ring (bicyclic) bond motifs is 2. The first-order valence-corrected chi connectivity index (χ1v) is 9.48. The monoisotopic (exact) mass is 343 g/mol. The van der Waals surface area contributed by atoms with E-state index in [1.54, 1.807) is 0 Å². The van der Waals surface area contributed by atoms with Crippen molar-refractivity contribution in [2.45, 2.75) is 37.6 Å². The molecule has 3 heterocycles. The van der Waals surface area contributed by atoms with Gasteiger partial charge in [-0.15, -0.1) is 10.2 Å². The van der Waals surface area contributed by atoms with Crippen molar-refractivity contribution >= 4 is 17.8 Å². The van der Waals surface area contributed by atoms with E-state index in [1.807, 2.05) is 11.8 Å². The van der Waals surface area contributed by atoms with Gasteiger partial charge in [0.25, 0.3) is 0 Å². The fourth-order valence-corrected chi connectivity index (χ4v) is 4.63. The molecule has 1 atom stereocenters. The number of amides is 2.